The van der Waals surface area contributed by atoms with Crippen LogP contribution in [-0.4, -0.2) is 24.0 Å². The smallest absolute Gasteiger partial charge is 0.221 e. The van der Waals surface area contributed by atoms with E-state index in [1.54, 1.807) is 6.20 Å². The Balaban J connectivity index is 2.01. The maximum atomic E-state index is 11.3. The highest BCUT2D eigenvalue weighted by Gasteiger charge is 2.71. The monoisotopic (exact) mass is 203 g/mol. The van der Waals surface area contributed by atoms with Crippen LogP contribution in [0, 0.1) is 11.8 Å². The molecular weight excluding hydrogens is 190 g/mol. The van der Waals surface area contributed by atoms with E-state index in [1.165, 1.54) is 0 Å². The van der Waals surface area contributed by atoms with Gasteiger partial charge in [0.05, 0.1) is 5.92 Å². The molecule has 1 amide bonds. The summed E-state index contributed by atoms with van der Waals surface area (Å²) in [5.41, 5.74) is 6.32. The molecule has 2 fully saturated rings. The van der Waals surface area contributed by atoms with E-state index < -0.39 is 0 Å². The van der Waals surface area contributed by atoms with Gasteiger partial charge in [0.2, 0.25) is 5.91 Å². The maximum absolute atomic E-state index is 11.3. The van der Waals surface area contributed by atoms with E-state index in [-0.39, 0.29) is 17.2 Å². The Labute approximate surface area is 87.9 Å². The van der Waals surface area contributed by atoms with Crippen LogP contribution in [0.5, 0.6) is 0 Å². The number of aromatic nitrogens is 1. The van der Waals surface area contributed by atoms with Gasteiger partial charge in [-0.2, -0.15) is 0 Å². The summed E-state index contributed by atoms with van der Waals surface area (Å²) < 4.78 is 0. The van der Waals surface area contributed by atoms with Gasteiger partial charge in [0.1, 0.15) is 0 Å². The minimum Gasteiger partial charge on any atom is -0.369 e. The zero-order valence-electron chi connectivity index (χ0n) is 8.31. The van der Waals surface area contributed by atoms with Crippen molar-refractivity contribution in [2.24, 2.45) is 17.6 Å². The fraction of sp³-hybridized carbons (Fsp3) is 0.455. The second-order valence-electron chi connectivity index (χ2n) is 4.37. The third-order valence-corrected chi connectivity index (χ3v) is 3.74. The Morgan fingerprint density at radius 1 is 1.60 bits per heavy atom. The molecule has 0 bridgehead atoms. The lowest BCUT2D eigenvalue weighted by atomic mass is 9.98. The average molecular weight is 203 g/mol. The summed E-state index contributed by atoms with van der Waals surface area (Å²) in [6.07, 6.45) is 1.77. The summed E-state index contributed by atoms with van der Waals surface area (Å²) in [7, 11) is 0. The lowest BCUT2D eigenvalue weighted by Crippen LogP contribution is -2.30. The van der Waals surface area contributed by atoms with Crippen LogP contribution in [0.25, 0.3) is 0 Å². The molecule has 1 saturated heterocycles. The van der Waals surface area contributed by atoms with E-state index in [0.29, 0.717) is 5.92 Å². The van der Waals surface area contributed by atoms with Crippen molar-refractivity contribution in [1.82, 2.24) is 10.3 Å². The van der Waals surface area contributed by atoms with Crippen LogP contribution < -0.4 is 11.1 Å². The number of carbonyl (C=O) groups is 1. The Kier molecular flexibility index (Phi) is 1.65. The lowest BCUT2D eigenvalue weighted by Gasteiger charge is -2.12. The van der Waals surface area contributed by atoms with Crippen molar-refractivity contribution in [3.8, 4) is 0 Å². The van der Waals surface area contributed by atoms with Gasteiger partial charge in [-0.1, -0.05) is 6.07 Å². The number of amides is 1. The van der Waals surface area contributed by atoms with Crippen molar-refractivity contribution in [3.05, 3.63) is 30.1 Å². The first-order valence-electron chi connectivity index (χ1n) is 5.18. The number of rotatable bonds is 2. The molecular formula is C11H13N3O. The summed E-state index contributed by atoms with van der Waals surface area (Å²) in [4.78, 5) is 15.7. The number of piperidine rings is 1. The molecule has 1 aromatic heterocycles. The van der Waals surface area contributed by atoms with E-state index in [1.807, 2.05) is 18.2 Å². The number of hydrogen-bond acceptors (Lipinski definition) is 3. The first-order chi connectivity index (χ1) is 7.27. The molecule has 2 aliphatic rings. The van der Waals surface area contributed by atoms with Gasteiger partial charge in [0.15, 0.2) is 0 Å². The minimum atomic E-state index is -0.188. The van der Waals surface area contributed by atoms with E-state index >= 15 is 0 Å². The molecule has 1 saturated carbocycles. The van der Waals surface area contributed by atoms with Crippen molar-refractivity contribution >= 4 is 5.91 Å². The highest BCUT2D eigenvalue weighted by molar-refractivity contribution is 5.84. The van der Waals surface area contributed by atoms with Crippen LogP contribution in [0.15, 0.2) is 24.4 Å². The molecule has 3 atom stereocenters. The largest absolute Gasteiger partial charge is 0.369 e. The third kappa shape index (κ3) is 0.997. The van der Waals surface area contributed by atoms with Crippen molar-refractivity contribution in [1.29, 1.82) is 0 Å². The van der Waals surface area contributed by atoms with Crippen LogP contribution in [-0.2, 0) is 10.2 Å². The second-order valence-corrected chi connectivity index (χ2v) is 4.37. The first kappa shape index (κ1) is 8.85. The molecule has 4 heteroatoms. The number of primary amides is 1. The standard InChI is InChI=1S/C11H13N3O/c12-10(15)9-7-5-13-6-11(7,9)8-3-1-2-4-14-8/h1-4,7,9,13H,5-6H2,(H2,12,15). The Morgan fingerprint density at radius 3 is 3.07 bits per heavy atom. The molecule has 78 valence electrons. The van der Waals surface area contributed by atoms with Gasteiger partial charge in [0.25, 0.3) is 0 Å². The number of nitrogens with two attached hydrogens (primary N) is 1. The summed E-state index contributed by atoms with van der Waals surface area (Å²) in [5, 5.41) is 3.30. The van der Waals surface area contributed by atoms with Crippen molar-refractivity contribution in [2.75, 3.05) is 13.1 Å². The van der Waals surface area contributed by atoms with Crippen LogP contribution >= 0.6 is 0 Å². The third-order valence-electron chi connectivity index (χ3n) is 3.74. The number of fused-ring (bicyclic) bond motifs is 1. The fourth-order valence-electron chi connectivity index (χ4n) is 3.02. The van der Waals surface area contributed by atoms with E-state index in [2.05, 4.69) is 10.3 Å². The van der Waals surface area contributed by atoms with Gasteiger partial charge in [-0.15, -0.1) is 0 Å². The summed E-state index contributed by atoms with van der Waals surface area (Å²) in [5.74, 6) is 0.144. The highest BCUT2D eigenvalue weighted by Crippen LogP contribution is 2.61. The SMILES string of the molecule is NC(=O)C1C2CNCC21c1ccccn1. The maximum Gasteiger partial charge on any atom is 0.221 e. The summed E-state index contributed by atoms with van der Waals surface area (Å²) in [6, 6.07) is 5.84. The topological polar surface area (TPSA) is 68.0 Å². The zero-order valence-corrected chi connectivity index (χ0v) is 8.31. The van der Waals surface area contributed by atoms with Crippen LogP contribution in [0.2, 0.25) is 0 Å². The second kappa shape index (κ2) is 2.79. The van der Waals surface area contributed by atoms with Gasteiger partial charge >= 0.3 is 0 Å². The summed E-state index contributed by atoms with van der Waals surface area (Å²) in [6.45, 7) is 1.70. The van der Waals surface area contributed by atoms with Gasteiger partial charge in [-0.05, 0) is 24.6 Å². The molecule has 0 spiro atoms. The Hall–Kier alpha value is -1.42. The zero-order chi connectivity index (χ0) is 10.5. The number of nitrogens with zero attached hydrogens (tertiary/aromatic N) is 1. The van der Waals surface area contributed by atoms with E-state index in [0.717, 1.165) is 18.8 Å². The fourth-order valence-corrected chi connectivity index (χ4v) is 3.02. The Morgan fingerprint density at radius 2 is 2.47 bits per heavy atom. The van der Waals surface area contributed by atoms with Crippen molar-refractivity contribution in [3.63, 3.8) is 0 Å². The van der Waals surface area contributed by atoms with E-state index in [9.17, 15) is 4.79 Å². The predicted octanol–water partition coefficient (Wildman–Crippen LogP) is -0.346. The van der Waals surface area contributed by atoms with Gasteiger partial charge in [-0.25, -0.2) is 0 Å². The van der Waals surface area contributed by atoms with Crippen LogP contribution in [0.4, 0.5) is 0 Å². The molecule has 0 radical (unpaired) electrons. The van der Waals surface area contributed by atoms with Crippen LogP contribution in [0.1, 0.15) is 5.69 Å². The number of nitrogens with one attached hydrogen (secondary N) is 1. The lowest BCUT2D eigenvalue weighted by molar-refractivity contribution is -0.120. The van der Waals surface area contributed by atoms with Crippen LogP contribution in [0.3, 0.4) is 0 Å². The van der Waals surface area contributed by atoms with Crippen molar-refractivity contribution in [2.45, 2.75) is 5.41 Å². The molecule has 1 aliphatic heterocycles. The molecule has 4 nitrogen and oxygen atoms in total. The number of carbonyl (C=O) groups excluding carboxylic acids is 1. The van der Waals surface area contributed by atoms with Gasteiger partial charge < -0.3 is 11.1 Å². The molecule has 1 aromatic rings. The first-order valence-corrected chi connectivity index (χ1v) is 5.18. The molecule has 2 heterocycles. The predicted molar refractivity (Wildman–Crippen MR) is 55.0 cm³/mol. The van der Waals surface area contributed by atoms with Gasteiger partial charge in [0, 0.05) is 23.9 Å². The molecule has 1 aliphatic carbocycles. The highest BCUT2D eigenvalue weighted by atomic mass is 16.1. The molecule has 15 heavy (non-hydrogen) atoms. The molecule has 0 aromatic carbocycles. The molecule has 3 unspecified atom stereocenters. The summed E-state index contributed by atoms with van der Waals surface area (Å²) >= 11 is 0. The average Bonchev–Trinajstić information content (AvgIpc) is 2.72. The Bertz CT molecular complexity index is 406. The van der Waals surface area contributed by atoms with Gasteiger partial charge in [-0.3, -0.25) is 9.78 Å². The number of pyridine rings is 1. The number of hydrogen-bond donors (Lipinski definition) is 2. The van der Waals surface area contributed by atoms with Crippen molar-refractivity contribution < 1.29 is 4.79 Å². The minimum absolute atomic E-state index is 0.0198. The van der Waals surface area contributed by atoms with E-state index in [4.69, 9.17) is 5.73 Å². The quantitative estimate of drug-likeness (QED) is 0.690. The molecule has 3 rings (SSSR count). The molecule has 3 N–H and O–H groups in total. The normalized spacial score (nSPS) is 37.3.